The Bertz CT molecular complexity index is 737. The number of nitrogens with zero attached hydrogens (tertiary/aromatic N) is 3. The van der Waals surface area contributed by atoms with Crippen LogP contribution in [0.5, 0.6) is 0 Å². The lowest BCUT2D eigenvalue weighted by Crippen LogP contribution is -2.42. The number of hydrogen-bond donors (Lipinski definition) is 2. The van der Waals surface area contributed by atoms with Gasteiger partial charge in [0, 0.05) is 12.7 Å². The number of pyridine rings is 1. The van der Waals surface area contributed by atoms with E-state index in [4.69, 9.17) is 0 Å². The largest absolute Gasteiger partial charge is 0.480 e. The lowest BCUT2D eigenvalue weighted by atomic mass is 10.0. The highest BCUT2D eigenvalue weighted by Gasteiger charge is 2.25. The maximum absolute atomic E-state index is 12.6. The molecule has 0 aliphatic carbocycles. The third-order valence-electron chi connectivity index (χ3n) is 3.62. The van der Waals surface area contributed by atoms with Gasteiger partial charge in [-0.25, -0.2) is 9.78 Å². The Labute approximate surface area is 141 Å². The van der Waals surface area contributed by atoms with Crippen molar-refractivity contribution < 1.29 is 14.7 Å². The zero-order valence-corrected chi connectivity index (χ0v) is 14.5. The van der Waals surface area contributed by atoms with Gasteiger partial charge in [-0.15, -0.1) is 0 Å². The van der Waals surface area contributed by atoms with Crippen molar-refractivity contribution in [3.63, 3.8) is 0 Å². The molecule has 0 aliphatic heterocycles. The molecule has 0 aliphatic rings. The lowest BCUT2D eigenvalue weighted by molar-refractivity contribution is -0.139. The quantitative estimate of drug-likeness (QED) is 0.805. The molecule has 7 nitrogen and oxygen atoms in total. The molecule has 1 unspecified atom stereocenters. The first-order valence-electron chi connectivity index (χ1n) is 7.94. The van der Waals surface area contributed by atoms with Gasteiger partial charge in [0.2, 0.25) is 0 Å². The molecule has 0 radical (unpaired) electrons. The van der Waals surface area contributed by atoms with Crippen molar-refractivity contribution in [1.82, 2.24) is 19.6 Å². The fraction of sp³-hybridized carbons (Fsp3) is 0.471. The molecule has 0 saturated heterocycles. The standard InChI is InChI=1S/C17H24N4O3/c1-11(2)9-12(17(23)24)18-16(22)15-13(10-20(3)4)21-8-6-5-7-14(21)19-15/h5-8,11-12H,9-10H2,1-4H3,(H,18,22)(H,23,24). The van der Waals surface area contributed by atoms with E-state index < -0.39 is 17.9 Å². The number of carbonyl (C=O) groups excluding carboxylic acids is 1. The van der Waals surface area contributed by atoms with Gasteiger partial charge in [-0.2, -0.15) is 0 Å². The zero-order chi connectivity index (χ0) is 17.9. The summed E-state index contributed by atoms with van der Waals surface area (Å²) in [5, 5.41) is 11.9. The molecule has 2 aromatic heterocycles. The number of fused-ring (bicyclic) bond motifs is 1. The number of carboxylic acids is 1. The SMILES string of the molecule is CC(C)CC(NC(=O)c1nc2ccccn2c1CN(C)C)C(=O)O. The first-order chi connectivity index (χ1) is 11.3. The van der Waals surface area contributed by atoms with Crippen molar-refractivity contribution in [2.24, 2.45) is 5.92 Å². The molecule has 0 aromatic carbocycles. The third kappa shape index (κ3) is 4.11. The first kappa shape index (κ1) is 17.9. The van der Waals surface area contributed by atoms with E-state index in [-0.39, 0.29) is 11.6 Å². The molecule has 1 amide bonds. The van der Waals surface area contributed by atoms with Gasteiger partial charge in [-0.3, -0.25) is 4.79 Å². The van der Waals surface area contributed by atoms with Gasteiger partial charge in [0.25, 0.3) is 5.91 Å². The highest BCUT2D eigenvalue weighted by Crippen LogP contribution is 2.15. The van der Waals surface area contributed by atoms with Crippen LogP contribution in [0.3, 0.4) is 0 Å². The van der Waals surface area contributed by atoms with Crippen LogP contribution in [0.15, 0.2) is 24.4 Å². The van der Waals surface area contributed by atoms with Crippen LogP contribution in [-0.4, -0.2) is 51.4 Å². The van der Waals surface area contributed by atoms with Crippen molar-refractivity contribution in [2.75, 3.05) is 14.1 Å². The smallest absolute Gasteiger partial charge is 0.326 e. The normalized spacial score (nSPS) is 12.8. The van der Waals surface area contributed by atoms with Gasteiger partial charge in [-0.05, 0) is 38.6 Å². The third-order valence-corrected chi connectivity index (χ3v) is 3.62. The molecular weight excluding hydrogens is 308 g/mol. The number of nitrogens with one attached hydrogen (secondary N) is 1. The lowest BCUT2D eigenvalue weighted by Gasteiger charge is -2.17. The monoisotopic (exact) mass is 332 g/mol. The molecule has 0 fully saturated rings. The van der Waals surface area contributed by atoms with Crippen LogP contribution in [-0.2, 0) is 11.3 Å². The summed E-state index contributed by atoms with van der Waals surface area (Å²) in [5.74, 6) is -1.33. The predicted octanol–water partition coefficient (Wildman–Crippen LogP) is 1.62. The minimum Gasteiger partial charge on any atom is -0.480 e. The number of aliphatic carboxylic acids is 1. The molecule has 130 valence electrons. The number of hydrogen-bond acceptors (Lipinski definition) is 4. The molecule has 2 N–H and O–H groups in total. The van der Waals surface area contributed by atoms with Crippen LogP contribution in [0.25, 0.3) is 5.65 Å². The average Bonchev–Trinajstić information content (AvgIpc) is 2.84. The van der Waals surface area contributed by atoms with Crippen molar-refractivity contribution in [2.45, 2.75) is 32.9 Å². The van der Waals surface area contributed by atoms with Crippen molar-refractivity contribution in [3.8, 4) is 0 Å². The van der Waals surface area contributed by atoms with Crippen molar-refractivity contribution in [1.29, 1.82) is 0 Å². The fourth-order valence-corrected chi connectivity index (χ4v) is 2.60. The van der Waals surface area contributed by atoms with Gasteiger partial charge in [0.1, 0.15) is 11.7 Å². The van der Waals surface area contributed by atoms with E-state index >= 15 is 0 Å². The van der Waals surface area contributed by atoms with Crippen LogP contribution < -0.4 is 5.32 Å². The van der Waals surface area contributed by atoms with E-state index in [0.717, 1.165) is 5.69 Å². The maximum Gasteiger partial charge on any atom is 0.326 e. The van der Waals surface area contributed by atoms with Gasteiger partial charge < -0.3 is 19.7 Å². The van der Waals surface area contributed by atoms with Gasteiger partial charge in [-0.1, -0.05) is 19.9 Å². The van der Waals surface area contributed by atoms with Gasteiger partial charge >= 0.3 is 5.97 Å². The van der Waals surface area contributed by atoms with E-state index in [1.807, 2.05) is 61.6 Å². The van der Waals surface area contributed by atoms with Crippen LogP contribution >= 0.6 is 0 Å². The second-order valence-electron chi connectivity index (χ2n) is 6.57. The molecule has 7 heteroatoms. The predicted molar refractivity (Wildman–Crippen MR) is 90.9 cm³/mol. The summed E-state index contributed by atoms with van der Waals surface area (Å²) in [6, 6.07) is 4.62. The fourth-order valence-electron chi connectivity index (χ4n) is 2.60. The Hall–Kier alpha value is -2.41. The highest BCUT2D eigenvalue weighted by atomic mass is 16.4. The average molecular weight is 332 g/mol. The Morgan fingerprint density at radius 3 is 2.62 bits per heavy atom. The number of aromatic nitrogens is 2. The van der Waals surface area contributed by atoms with E-state index in [1.54, 1.807) is 0 Å². The van der Waals surface area contributed by atoms with Crippen LogP contribution in [0.1, 0.15) is 36.5 Å². The zero-order valence-electron chi connectivity index (χ0n) is 14.5. The number of imidazole rings is 1. The molecular formula is C17H24N4O3. The van der Waals surface area contributed by atoms with Crippen LogP contribution in [0.2, 0.25) is 0 Å². The van der Waals surface area contributed by atoms with Crippen molar-refractivity contribution in [3.05, 3.63) is 35.8 Å². The Balaban J connectivity index is 2.35. The summed E-state index contributed by atoms with van der Waals surface area (Å²) in [4.78, 5) is 30.4. The molecule has 2 aromatic rings. The summed E-state index contributed by atoms with van der Waals surface area (Å²) < 4.78 is 1.85. The molecule has 2 rings (SSSR count). The highest BCUT2D eigenvalue weighted by molar-refractivity contribution is 5.96. The maximum atomic E-state index is 12.6. The summed E-state index contributed by atoms with van der Waals surface area (Å²) >= 11 is 0. The Kier molecular flexibility index (Phi) is 5.56. The molecule has 2 heterocycles. The van der Waals surface area contributed by atoms with E-state index in [9.17, 15) is 14.7 Å². The summed E-state index contributed by atoms with van der Waals surface area (Å²) in [6.45, 7) is 4.37. The van der Waals surface area contributed by atoms with E-state index in [2.05, 4.69) is 10.3 Å². The Morgan fingerprint density at radius 2 is 2.04 bits per heavy atom. The van der Waals surface area contributed by atoms with Gasteiger partial charge in [0.05, 0.1) is 5.69 Å². The second kappa shape index (κ2) is 7.44. The molecule has 0 spiro atoms. The summed E-state index contributed by atoms with van der Waals surface area (Å²) in [7, 11) is 3.81. The van der Waals surface area contributed by atoms with Crippen LogP contribution in [0.4, 0.5) is 0 Å². The summed E-state index contributed by atoms with van der Waals surface area (Å²) in [5.41, 5.74) is 1.67. The Morgan fingerprint density at radius 1 is 1.33 bits per heavy atom. The molecule has 0 bridgehead atoms. The van der Waals surface area contributed by atoms with Crippen molar-refractivity contribution >= 4 is 17.5 Å². The number of carbonyl (C=O) groups is 2. The first-order valence-corrected chi connectivity index (χ1v) is 7.94. The minimum absolute atomic E-state index is 0.161. The van der Waals surface area contributed by atoms with Crippen LogP contribution in [0, 0.1) is 5.92 Å². The number of carboxylic acid groups (broad SMARTS) is 1. The topological polar surface area (TPSA) is 86.9 Å². The number of rotatable bonds is 7. The molecule has 24 heavy (non-hydrogen) atoms. The molecule has 1 atom stereocenters. The molecule has 0 saturated carbocycles. The second-order valence-corrected chi connectivity index (χ2v) is 6.57. The minimum atomic E-state index is -1.03. The van der Waals surface area contributed by atoms with E-state index in [1.165, 1.54) is 0 Å². The van der Waals surface area contributed by atoms with E-state index in [0.29, 0.717) is 18.6 Å². The van der Waals surface area contributed by atoms with Gasteiger partial charge in [0.15, 0.2) is 5.69 Å². The number of amides is 1. The summed E-state index contributed by atoms with van der Waals surface area (Å²) in [6.07, 6.45) is 2.22.